The van der Waals surface area contributed by atoms with Crippen molar-refractivity contribution in [2.45, 2.75) is 58.0 Å². The van der Waals surface area contributed by atoms with Crippen molar-refractivity contribution >= 4 is 11.6 Å². The van der Waals surface area contributed by atoms with E-state index in [0.717, 1.165) is 44.9 Å². The molecule has 0 aliphatic rings. The molecule has 0 aromatic heterocycles. The summed E-state index contributed by atoms with van der Waals surface area (Å²) in [6.45, 7) is 2.65. The van der Waals surface area contributed by atoms with Gasteiger partial charge in [0.15, 0.2) is 0 Å². The van der Waals surface area contributed by atoms with Gasteiger partial charge in [0.2, 0.25) is 0 Å². The molecule has 0 unspecified atom stereocenters. The summed E-state index contributed by atoms with van der Waals surface area (Å²) >= 11 is 6.76. The van der Waals surface area contributed by atoms with Gasteiger partial charge in [-0.3, -0.25) is 0 Å². The smallest absolute Gasteiger partial charge is 0.142 e. The van der Waals surface area contributed by atoms with E-state index in [1.54, 1.807) is 37.4 Å². The van der Waals surface area contributed by atoms with Crippen LogP contribution in [0.5, 0.6) is 23.0 Å². The molecule has 54 heavy (non-hydrogen) atoms. The molecule has 0 saturated carbocycles. The summed E-state index contributed by atoms with van der Waals surface area (Å²) in [6.07, 6.45) is -3.70. The van der Waals surface area contributed by atoms with Gasteiger partial charge in [0.05, 0.1) is 42.6 Å². The number of nitrogens with one attached hydrogen (secondary N) is 1. The van der Waals surface area contributed by atoms with Crippen LogP contribution in [0.15, 0.2) is 103 Å². The molecule has 5 N–H and O–H groups in total. The van der Waals surface area contributed by atoms with E-state index in [2.05, 4.69) is 24.4 Å². The minimum atomic E-state index is -1.33. The van der Waals surface area contributed by atoms with Crippen molar-refractivity contribution in [1.29, 1.82) is 5.26 Å². The van der Waals surface area contributed by atoms with Gasteiger partial charge in [0.1, 0.15) is 48.9 Å². The number of nitriles is 1. The number of aliphatic hydroxyl groups is 4. The number of halogens is 1. The molecule has 5 rings (SSSR count). The summed E-state index contributed by atoms with van der Waals surface area (Å²) in [5.74, 6) is 2.46. The summed E-state index contributed by atoms with van der Waals surface area (Å²) in [4.78, 5) is 0. The highest BCUT2D eigenvalue weighted by molar-refractivity contribution is 6.32. The van der Waals surface area contributed by atoms with Gasteiger partial charge in [0, 0.05) is 31.1 Å². The third kappa shape index (κ3) is 11.2. The molecule has 0 bridgehead atoms. The highest BCUT2D eigenvalue weighted by Crippen LogP contribution is 2.35. The molecule has 0 aliphatic carbocycles. The number of nitrogens with zero attached hydrogens (tertiary/aromatic N) is 1. The van der Waals surface area contributed by atoms with E-state index < -0.39 is 24.9 Å². The normalized spacial score (nSPS) is 12.7. The van der Waals surface area contributed by atoms with Crippen molar-refractivity contribution < 1.29 is 39.4 Å². The van der Waals surface area contributed by atoms with Crippen LogP contribution in [0.1, 0.15) is 39.8 Å². The summed E-state index contributed by atoms with van der Waals surface area (Å²) in [5.41, 5.74) is 7.13. The van der Waals surface area contributed by atoms with Gasteiger partial charge in [0.25, 0.3) is 0 Å². The van der Waals surface area contributed by atoms with Crippen LogP contribution in [-0.2, 0) is 26.4 Å². The first-order valence-corrected chi connectivity index (χ1v) is 17.9. The van der Waals surface area contributed by atoms with Gasteiger partial charge < -0.3 is 44.7 Å². The largest absolute Gasteiger partial charge is 0.497 e. The molecule has 10 nitrogen and oxygen atoms in total. The molecule has 0 spiro atoms. The lowest BCUT2D eigenvalue weighted by Crippen LogP contribution is -2.36. The molecule has 3 atom stereocenters. The quantitative estimate of drug-likeness (QED) is 0.0633. The zero-order valence-corrected chi connectivity index (χ0v) is 31.0. The minimum absolute atomic E-state index is 0.0993. The number of aliphatic hydroxyl groups excluding tert-OH is 4. The highest BCUT2D eigenvalue weighted by Gasteiger charge is 2.20. The molecule has 282 valence electrons. The Labute approximate surface area is 320 Å². The third-order valence-corrected chi connectivity index (χ3v) is 9.24. The van der Waals surface area contributed by atoms with E-state index in [-0.39, 0.29) is 32.7 Å². The number of benzene rings is 5. The lowest BCUT2D eigenvalue weighted by Gasteiger charge is -2.20. The van der Waals surface area contributed by atoms with Crippen molar-refractivity contribution in [1.82, 2.24) is 5.32 Å². The van der Waals surface area contributed by atoms with Crippen molar-refractivity contribution in [2.75, 3.05) is 20.3 Å². The van der Waals surface area contributed by atoms with Crippen molar-refractivity contribution in [3.05, 3.63) is 142 Å². The highest BCUT2D eigenvalue weighted by atomic mass is 35.5. The Morgan fingerprint density at radius 1 is 0.741 bits per heavy atom. The van der Waals surface area contributed by atoms with E-state index in [4.69, 9.17) is 35.7 Å². The maximum atomic E-state index is 10.4. The minimum Gasteiger partial charge on any atom is -0.497 e. The lowest BCUT2D eigenvalue weighted by molar-refractivity contribution is -0.0359. The molecular weight excluding hydrogens is 708 g/mol. The summed E-state index contributed by atoms with van der Waals surface area (Å²) in [5, 5.41) is 51.9. The summed E-state index contributed by atoms with van der Waals surface area (Å²) in [7, 11) is 1.64. The molecule has 5 aromatic rings. The van der Waals surface area contributed by atoms with Gasteiger partial charge in [-0.2, -0.15) is 5.26 Å². The van der Waals surface area contributed by atoms with Crippen molar-refractivity contribution in [3.8, 4) is 40.2 Å². The van der Waals surface area contributed by atoms with Crippen LogP contribution in [-0.4, -0.2) is 59.0 Å². The van der Waals surface area contributed by atoms with Crippen LogP contribution in [0.25, 0.3) is 11.1 Å². The average molecular weight is 753 g/mol. The zero-order chi connectivity index (χ0) is 38.5. The molecule has 0 amide bonds. The molecule has 11 heteroatoms. The first-order chi connectivity index (χ1) is 26.2. The number of rotatable bonds is 19. The van der Waals surface area contributed by atoms with Crippen LogP contribution >= 0.6 is 11.6 Å². The fourth-order valence-corrected chi connectivity index (χ4v) is 6.06. The van der Waals surface area contributed by atoms with Crippen LogP contribution in [0.4, 0.5) is 0 Å². The number of methoxy groups -OCH3 is 1. The maximum Gasteiger partial charge on any atom is 0.142 e. The van der Waals surface area contributed by atoms with Gasteiger partial charge in [-0.05, 0) is 82.8 Å². The van der Waals surface area contributed by atoms with Gasteiger partial charge >= 0.3 is 0 Å². The molecule has 0 heterocycles. The second-order valence-electron chi connectivity index (χ2n) is 12.9. The number of hydrogen-bond acceptors (Lipinski definition) is 10. The van der Waals surface area contributed by atoms with Gasteiger partial charge in [-0.25, -0.2) is 0 Å². The van der Waals surface area contributed by atoms with Crippen molar-refractivity contribution in [2.24, 2.45) is 0 Å². The Hall–Kier alpha value is -5.12. The number of ether oxygens (including phenoxy) is 4. The van der Waals surface area contributed by atoms with Crippen LogP contribution in [0, 0.1) is 18.3 Å². The molecule has 0 radical (unpaired) electrons. The summed E-state index contributed by atoms with van der Waals surface area (Å²) in [6, 6.07) is 34.6. The Bertz CT molecular complexity index is 2020. The first kappa shape index (κ1) is 40.1. The second-order valence-corrected chi connectivity index (χ2v) is 13.3. The molecule has 0 fully saturated rings. The van der Waals surface area contributed by atoms with E-state index in [9.17, 15) is 20.6 Å². The van der Waals surface area contributed by atoms with E-state index in [1.807, 2.05) is 66.7 Å². The average Bonchev–Trinajstić information content (AvgIpc) is 3.19. The second kappa shape index (κ2) is 19.8. The number of hydrogen-bond donors (Lipinski definition) is 5. The van der Waals surface area contributed by atoms with Crippen LogP contribution < -0.4 is 24.3 Å². The maximum absolute atomic E-state index is 10.4. The van der Waals surface area contributed by atoms with Gasteiger partial charge in [-0.1, -0.05) is 66.2 Å². The zero-order valence-electron chi connectivity index (χ0n) is 30.2. The fourth-order valence-electron chi connectivity index (χ4n) is 5.82. The Morgan fingerprint density at radius 3 is 2.24 bits per heavy atom. The van der Waals surface area contributed by atoms with Crippen LogP contribution in [0.2, 0.25) is 5.02 Å². The molecule has 0 saturated heterocycles. The first-order valence-electron chi connectivity index (χ1n) is 17.5. The van der Waals surface area contributed by atoms with E-state index in [1.165, 1.54) is 0 Å². The predicted octanol–water partition coefficient (Wildman–Crippen LogP) is 6.49. The standard InChI is InChI=1S/C43H45ClN2O8/c1-28-33(9-5-11-38(28)32-8-4-10-37(17-32)52-25-29-12-14-36(51-2)15-13-29)27-54-43-20-42(53-26-31-7-3-6-30(16-31)21-45)34(18-39(43)44)22-46-23-35(48)19-40(49)41(50)24-47/h3-18,20,35,40-41,46-50H,19,22-27H2,1-2H3/t35-,40+,41-/m1/s1. The molecule has 0 aliphatic heterocycles. The Balaban J connectivity index is 1.29. The van der Waals surface area contributed by atoms with E-state index >= 15 is 0 Å². The lowest BCUT2D eigenvalue weighted by atomic mass is 9.96. The predicted molar refractivity (Wildman–Crippen MR) is 207 cm³/mol. The van der Waals surface area contributed by atoms with Crippen molar-refractivity contribution in [3.63, 3.8) is 0 Å². The van der Waals surface area contributed by atoms with Crippen LogP contribution in [0.3, 0.4) is 0 Å². The molecule has 5 aromatic carbocycles. The summed E-state index contributed by atoms with van der Waals surface area (Å²) < 4.78 is 23.9. The van der Waals surface area contributed by atoms with Gasteiger partial charge in [-0.15, -0.1) is 0 Å². The SMILES string of the molecule is COc1ccc(COc2cccc(-c3cccc(COc4cc(OCc5cccc(C#N)c5)c(CNC[C@H](O)C[C@H](O)[C@H](O)CO)cc4Cl)c3C)c2)cc1. The topological polar surface area (TPSA) is 154 Å². The third-order valence-electron chi connectivity index (χ3n) is 8.94. The van der Waals surface area contributed by atoms with E-state index in [0.29, 0.717) is 34.3 Å². The Morgan fingerprint density at radius 2 is 1.48 bits per heavy atom. The monoisotopic (exact) mass is 752 g/mol. The fraction of sp³-hybridized carbons (Fsp3) is 0.279. The molecular formula is C43H45ClN2O8. The Kier molecular flexibility index (Phi) is 14.7.